The van der Waals surface area contributed by atoms with E-state index in [4.69, 9.17) is 19.4 Å². The summed E-state index contributed by atoms with van der Waals surface area (Å²) in [6, 6.07) is 7.96. The first kappa shape index (κ1) is 52.8. The third kappa shape index (κ3) is 10.8. The number of carbonyl (C=O) groups excluding carboxylic acids is 5. The molecule has 385 valence electrons. The number of urea groups is 1. The fraction of sp³-hybridized carbons (Fsp3) is 0.566. The molecule has 0 saturated carbocycles. The number of nitrogens with zero attached hydrogens (tertiary/aromatic N) is 8. The number of fused-ring (bicyclic) bond motifs is 6. The van der Waals surface area contributed by atoms with Crippen molar-refractivity contribution in [3.05, 3.63) is 70.3 Å². The van der Waals surface area contributed by atoms with Crippen LogP contribution in [0.2, 0.25) is 0 Å². The molecule has 3 saturated heterocycles. The van der Waals surface area contributed by atoms with E-state index in [1.165, 1.54) is 21.2 Å². The molecule has 3 fully saturated rings. The number of rotatable bonds is 11. The maximum absolute atomic E-state index is 14.8. The standard InChI is InChI=1S/C53H71N10O7SSi/c1-11-62-42-19-17-34-25-38(42)39(47(62)37-16-12-22-54-45(37)33(4)69-10)27-52(5,6)31-70-50(67)53(72)21-14-24-63(57-53)49(66)40(26-43-55-41(34)30-71-43)56-48(65)46(32(2)3)60(9)51(68)59(8)36-28-61(29-36)44(64)20-18-35-15-13-23-58(35)7/h12,16-20,22,25,30,32-33,35-36,40,46,57H,11,13-15,21,23-24,26-29,31H2,1-10H3,(H,56,65)/b20-18+/t33-,35-,40-,46-,53-/m0/s1. The van der Waals surface area contributed by atoms with Crippen molar-refractivity contribution in [2.75, 3.05) is 61.0 Å². The molecule has 4 aliphatic rings. The van der Waals surface area contributed by atoms with Gasteiger partial charge in [0.05, 0.1) is 51.1 Å². The second-order valence-electron chi connectivity index (χ2n) is 21.2. The van der Waals surface area contributed by atoms with E-state index in [1.54, 1.807) is 43.3 Å². The average molecular weight is 1020 g/mol. The van der Waals surface area contributed by atoms with Gasteiger partial charge in [0.1, 0.15) is 17.2 Å². The molecule has 4 aliphatic heterocycles. The van der Waals surface area contributed by atoms with E-state index >= 15 is 0 Å². The van der Waals surface area contributed by atoms with Crippen LogP contribution in [0.3, 0.4) is 0 Å². The number of methoxy groups -OCH3 is 1. The van der Waals surface area contributed by atoms with E-state index in [9.17, 15) is 24.0 Å². The minimum atomic E-state index is -1.43. The van der Waals surface area contributed by atoms with Gasteiger partial charge in [-0.2, -0.15) is 0 Å². The van der Waals surface area contributed by atoms with Gasteiger partial charge in [-0.25, -0.2) is 15.2 Å². The lowest BCUT2D eigenvalue weighted by Crippen LogP contribution is -2.68. The van der Waals surface area contributed by atoms with Gasteiger partial charge >= 0.3 is 12.0 Å². The summed E-state index contributed by atoms with van der Waals surface area (Å²) < 4.78 is 14.3. The lowest BCUT2D eigenvalue weighted by atomic mass is 9.84. The van der Waals surface area contributed by atoms with Crippen LogP contribution < -0.4 is 10.7 Å². The minimum Gasteiger partial charge on any atom is -0.464 e. The van der Waals surface area contributed by atoms with E-state index in [2.05, 4.69) is 82.5 Å². The first-order chi connectivity index (χ1) is 34.2. The van der Waals surface area contributed by atoms with Crippen LogP contribution in [0.1, 0.15) is 89.6 Å². The van der Waals surface area contributed by atoms with Crippen molar-refractivity contribution in [2.24, 2.45) is 11.3 Å². The summed E-state index contributed by atoms with van der Waals surface area (Å²) >= 11 is 1.40. The van der Waals surface area contributed by atoms with Gasteiger partial charge in [0.25, 0.3) is 5.91 Å². The Labute approximate surface area is 431 Å². The quantitative estimate of drug-likeness (QED) is 0.109. The number of esters is 1. The number of hydrogen-bond donors (Lipinski definition) is 2. The smallest absolute Gasteiger partial charge is 0.323 e. The number of thiazole rings is 1. The summed E-state index contributed by atoms with van der Waals surface area (Å²) in [7, 11) is 10.8. The lowest BCUT2D eigenvalue weighted by Gasteiger charge is -2.45. The molecule has 72 heavy (non-hydrogen) atoms. The number of amides is 5. The Kier molecular flexibility index (Phi) is 15.8. The molecule has 3 radical (unpaired) electrons. The molecule has 3 aromatic heterocycles. The van der Waals surface area contributed by atoms with Crippen LogP contribution in [0.4, 0.5) is 4.79 Å². The minimum absolute atomic E-state index is 0.0475. The van der Waals surface area contributed by atoms with Gasteiger partial charge < -0.3 is 34.1 Å². The van der Waals surface area contributed by atoms with Crippen molar-refractivity contribution >= 4 is 62.2 Å². The number of pyridine rings is 1. The van der Waals surface area contributed by atoms with Crippen molar-refractivity contribution in [1.82, 2.24) is 49.9 Å². The molecule has 5 atom stereocenters. The van der Waals surface area contributed by atoms with E-state index in [0.717, 1.165) is 64.1 Å². The van der Waals surface area contributed by atoms with Gasteiger partial charge in [-0.1, -0.05) is 39.8 Å². The molecule has 8 rings (SSSR count). The number of nitrogens with one attached hydrogen (secondary N) is 2. The molecule has 5 amide bonds. The number of aryl methyl sites for hydroxylation is 1. The predicted molar refractivity (Wildman–Crippen MR) is 279 cm³/mol. The second kappa shape index (κ2) is 21.5. The molecule has 7 heterocycles. The Morgan fingerprint density at radius 2 is 1.88 bits per heavy atom. The van der Waals surface area contributed by atoms with Crippen LogP contribution in [0.25, 0.3) is 33.4 Å². The van der Waals surface area contributed by atoms with Gasteiger partial charge in [0.2, 0.25) is 11.8 Å². The van der Waals surface area contributed by atoms with Gasteiger partial charge in [-0.3, -0.25) is 34.1 Å². The Morgan fingerprint density at radius 1 is 1.11 bits per heavy atom. The molecular weight excluding hydrogens is 949 g/mol. The van der Waals surface area contributed by atoms with Gasteiger partial charge in [-0.15, -0.1) is 11.3 Å². The summed E-state index contributed by atoms with van der Waals surface area (Å²) in [6.45, 7) is 14.8. The van der Waals surface area contributed by atoms with E-state index in [0.29, 0.717) is 43.9 Å². The molecule has 19 heteroatoms. The Balaban J connectivity index is 1.09. The topological polar surface area (TPSA) is 175 Å². The van der Waals surface area contributed by atoms with Crippen LogP contribution in [0.5, 0.6) is 0 Å². The molecule has 0 spiro atoms. The number of aromatic nitrogens is 3. The monoisotopic (exact) mass is 1020 g/mol. The van der Waals surface area contributed by atoms with E-state index < -0.39 is 40.4 Å². The van der Waals surface area contributed by atoms with E-state index in [1.807, 2.05) is 38.3 Å². The highest BCUT2D eigenvalue weighted by Crippen LogP contribution is 2.42. The van der Waals surface area contributed by atoms with Crippen LogP contribution in [-0.4, -0.2) is 169 Å². The van der Waals surface area contributed by atoms with Crippen LogP contribution in [-0.2, 0) is 48.0 Å². The highest BCUT2D eigenvalue weighted by Gasteiger charge is 2.44. The number of cyclic esters (lactones) is 1. The van der Waals surface area contributed by atoms with Crippen molar-refractivity contribution in [1.29, 1.82) is 0 Å². The third-order valence-electron chi connectivity index (χ3n) is 15.0. The predicted octanol–water partition coefficient (Wildman–Crippen LogP) is 5.57. The zero-order chi connectivity index (χ0) is 51.8. The Morgan fingerprint density at radius 3 is 2.57 bits per heavy atom. The largest absolute Gasteiger partial charge is 0.464 e. The second-order valence-corrected chi connectivity index (χ2v) is 23.0. The number of benzene rings is 1. The van der Waals surface area contributed by atoms with Crippen molar-refractivity contribution < 1.29 is 33.4 Å². The average Bonchev–Trinajstić information content (AvgIpc) is 4.07. The summed E-state index contributed by atoms with van der Waals surface area (Å²) in [5.74, 6) is -1.95. The highest BCUT2D eigenvalue weighted by molar-refractivity contribution is 7.10. The van der Waals surface area contributed by atoms with Crippen LogP contribution >= 0.6 is 11.3 Å². The molecular formula is C53H71N10O7SSi. The molecule has 1 aromatic carbocycles. The third-order valence-corrected chi connectivity index (χ3v) is 16.4. The van der Waals surface area contributed by atoms with Crippen LogP contribution in [0.15, 0.2) is 54.1 Å². The maximum Gasteiger partial charge on any atom is 0.323 e. The number of carbonyl (C=O) groups is 5. The molecule has 2 N–H and O–H groups in total. The van der Waals surface area contributed by atoms with Gasteiger partial charge in [-0.05, 0) is 95.3 Å². The zero-order valence-electron chi connectivity index (χ0n) is 43.5. The molecule has 6 bridgehead atoms. The number of ether oxygens (including phenoxy) is 2. The number of likely N-dealkylation sites (N-methyl/N-ethyl adjacent to an activating group) is 3. The van der Waals surface area contributed by atoms with Crippen molar-refractivity contribution in [3.63, 3.8) is 0 Å². The summed E-state index contributed by atoms with van der Waals surface area (Å²) in [5.41, 5.74) is 9.14. The lowest BCUT2D eigenvalue weighted by molar-refractivity contribution is -0.158. The fourth-order valence-corrected chi connectivity index (χ4v) is 11.9. The number of hydrogen-bond acceptors (Lipinski definition) is 12. The van der Waals surface area contributed by atoms with Gasteiger partial charge in [0.15, 0.2) is 0 Å². The zero-order valence-corrected chi connectivity index (χ0v) is 45.3. The summed E-state index contributed by atoms with van der Waals surface area (Å²) in [6.07, 6.45) is 8.67. The number of likely N-dealkylation sites (tertiary alicyclic amines) is 2. The SMILES string of the molecule is CCn1c(-c2cccnc2[C@H](C)OC)c2c3cc(ccc31)-c1csc(n1)C[C@H](NC(=O)[C@H](C(C)C)N(C)C(=O)N(C)C1CN(C(=O)/C=C/[C@@H]3CCCN3C)C1)C(=O)N1CCC[C@@]([Si])(N1)C(=O)OCC(C)(C)C2. The highest BCUT2D eigenvalue weighted by atomic mass is 32.1. The van der Waals surface area contributed by atoms with Crippen molar-refractivity contribution in [2.45, 2.75) is 122 Å². The van der Waals surface area contributed by atoms with Gasteiger partial charge in [0, 0.05) is 105 Å². The maximum atomic E-state index is 14.8. The normalized spacial score (nSPS) is 22.9. The fourth-order valence-electron chi connectivity index (χ4n) is 10.7. The van der Waals surface area contributed by atoms with Crippen LogP contribution in [0, 0.1) is 11.3 Å². The molecule has 17 nitrogen and oxygen atoms in total. The molecule has 0 unspecified atom stereocenters. The van der Waals surface area contributed by atoms with E-state index in [-0.39, 0.29) is 55.6 Å². The Hall–Kier alpha value is -5.47. The number of hydrazine groups is 1. The Bertz CT molecular complexity index is 2720. The first-order valence-corrected chi connectivity index (χ1v) is 26.7. The molecule has 0 aliphatic carbocycles. The summed E-state index contributed by atoms with van der Waals surface area (Å²) in [4.78, 5) is 87.7. The van der Waals surface area contributed by atoms with Crippen molar-refractivity contribution in [3.8, 4) is 22.5 Å². The molecule has 4 aromatic rings. The first-order valence-electron chi connectivity index (χ1n) is 25.3. The summed E-state index contributed by atoms with van der Waals surface area (Å²) in [5, 5.41) is 6.62.